The summed E-state index contributed by atoms with van der Waals surface area (Å²) in [6.45, 7) is 6.66. The Bertz CT molecular complexity index is 424. The van der Waals surface area contributed by atoms with Gasteiger partial charge < -0.3 is 9.47 Å². The first kappa shape index (κ1) is 16.6. The highest BCUT2D eigenvalue weighted by Gasteiger charge is 2.06. The Balaban J connectivity index is 2.85. The molecule has 0 unspecified atom stereocenters. The van der Waals surface area contributed by atoms with Crippen LogP contribution in [0.3, 0.4) is 0 Å². The second-order valence-corrected chi connectivity index (χ2v) is 5.32. The van der Waals surface area contributed by atoms with Gasteiger partial charge in [0.2, 0.25) is 0 Å². The molecule has 0 fully saturated rings. The topological polar surface area (TPSA) is 18.5 Å². The quantitative estimate of drug-likeness (QED) is 0.586. The Morgan fingerprint density at radius 2 is 1.50 bits per heavy atom. The molecular formula is C18H28O2. The maximum atomic E-state index is 5.34. The standard InChI is InChI=1S/C18H28O2/c1-6-7-8-9-10-14(2)15(3)16-11-17(19-4)13-18(12-16)20-5/h11-13H,6-10H2,1-5H3. The molecule has 2 heteroatoms. The number of hydrogen-bond acceptors (Lipinski definition) is 2. The molecule has 1 aromatic rings. The average Bonchev–Trinajstić information content (AvgIpc) is 2.49. The van der Waals surface area contributed by atoms with Crippen LogP contribution in [0.1, 0.15) is 58.4 Å². The molecule has 0 heterocycles. The van der Waals surface area contributed by atoms with Crippen LogP contribution in [0.25, 0.3) is 5.57 Å². The molecule has 0 radical (unpaired) electrons. The van der Waals surface area contributed by atoms with Crippen molar-refractivity contribution in [3.63, 3.8) is 0 Å². The smallest absolute Gasteiger partial charge is 0.123 e. The number of allylic oxidation sites excluding steroid dienone is 2. The summed E-state index contributed by atoms with van der Waals surface area (Å²) < 4.78 is 10.7. The summed E-state index contributed by atoms with van der Waals surface area (Å²) in [5.74, 6) is 1.69. The van der Waals surface area contributed by atoms with Crippen LogP contribution in [0.4, 0.5) is 0 Å². The van der Waals surface area contributed by atoms with E-state index in [1.165, 1.54) is 48.8 Å². The van der Waals surface area contributed by atoms with Gasteiger partial charge in [-0.05, 0) is 50.0 Å². The molecule has 0 N–H and O–H groups in total. The highest BCUT2D eigenvalue weighted by atomic mass is 16.5. The number of unbranched alkanes of at least 4 members (excludes halogenated alkanes) is 3. The number of ether oxygens (including phenoxy) is 2. The second-order valence-electron chi connectivity index (χ2n) is 5.32. The molecule has 1 aromatic carbocycles. The molecule has 0 aliphatic carbocycles. The van der Waals surface area contributed by atoms with Crippen LogP contribution in [0.2, 0.25) is 0 Å². The number of rotatable bonds is 8. The summed E-state index contributed by atoms with van der Waals surface area (Å²) in [6, 6.07) is 6.06. The largest absolute Gasteiger partial charge is 0.497 e. The zero-order chi connectivity index (χ0) is 15.0. The highest BCUT2D eigenvalue weighted by Crippen LogP contribution is 2.29. The number of hydrogen-bond donors (Lipinski definition) is 0. The molecular weight excluding hydrogens is 248 g/mol. The number of methoxy groups -OCH3 is 2. The van der Waals surface area contributed by atoms with E-state index in [1.54, 1.807) is 14.2 Å². The normalized spacial score (nSPS) is 12.1. The Labute approximate surface area is 123 Å². The predicted molar refractivity (Wildman–Crippen MR) is 86.6 cm³/mol. The molecule has 0 amide bonds. The van der Waals surface area contributed by atoms with Crippen molar-refractivity contribution in [2.24, 2.45) is 0 Å². The third-order valence-electron chi connectivity index (χ3n) is 3.83. The molecule has 0 saturated carbocycles. The Morgan fingerprint density at radius 3 is 2.00 bits per heavy atom. The van der Waals surface area contributed by atoms with Crippen LogP contribution >= 0.6 is 0 Å². The van der Waals surface area contributed by atoms with Crippen LogP contribution in [-0.4, -0.2) is 14.2 Å². The SMILES string of the molecule is CCCCCCC(C)=C(C)c1cc(OC)cc(OC)c1. The molecule has 0 atom stereocenters. The van der Waals surface area contributed by atoms with E-state index in [-0.39, 0.29) is 0 Å². The van der Waals surface area contributed by atoms with Gasteiger partial charge in [-0.2, -0.15) is 0 Å². The van der Waals surface area contributed by atoms with Gasteiger partial charge >= 0.3 is 0 Å². The van der Waals surface area contributed by atoms with Crippen molar-refractivity contribution in [3.8, 4) is 11.5 Å². The Hall–Kier alpha value is -1.44. The second kappa shape index (κ2) is 8.68. The zero-order valence-electron chi connectivity index (χ0n) is 13.6. The molecule has 1 rings (SSSR count). The van der Waals surface area contributed by atoms with E-state index < -0.39 is 0 Å². The average molecular weight is 276 g/mol. The lowest BCUT2D eigenvalue weighted by molar-refractivity contribution is 0.394. The van der Waals surface area contributed by atoms with E-state index >= 15 is 0 Å². The maximum absolute atomic E-state index is 5.34. The van der Waals surface area contributed by atoms with Crippen molar-refractivity contribution in [3.05, 3.63) is 29.3 Å². The molecule has 0 aliphatic heterocycles. The molecule has 0 bridgehead atoms. The number of benzene rings is 1. The van der Waals surface area contributed by atoms with Crippen molar-refractivity contribution in [1.29, 1.82) is 0 Å². The van der Waals surface area contributed by atoms with Gasteiger partial charge in [0.1, 0.15) is 11.5 Å². The van der Waals surface area contributed by atoms with E-state index in [0.717, 1.165) is 11.5 Å². The molecule has 2 nitrogen and oxygen atoms in total. The molecule has 0 spiro atoms. The monoisotopic (exact) mass is 276 g/mol. The first-order valence-corrected chi connectivity index (χ1v) is 7.52. The zero-order valence-corrected chi connectivity index (χ0v) is 13.6. The van der Waals surface area contributed by atoms with Crippen molar-refractivity contribution < 1.29 is 9.47 Å². The molecule has 0 aliphatic rings. The first-order chi connectivity index (χ1) is 9.62. The van der Waals surface area contributed by atoms with E-state index in [2.05, 4.69) is 32.9 Å². The van der Waals surface area contributed by atoms with Crippen LogP contribution in [0.15, 0.2) is 23.8 Å². The molecule has 20 heavy (non-hydrogen) atoms. The van der Waals surface area contributed by atoms with Crippen LogP contribution in [0, 0.1) is 0 Å². The summed E-state index contributed by atoms with van der Waals surface area (Å²) in [5, 5.41) is 0. The van der Waals surface area contributed by atoms with Gasteiger partial charge in [0.25, 0.3) is 0 Å². The van der Waals surface area contributed by atoms with Crippen LogP contribution < -0.4 is 9.47 Å². The fraction of sp³-hybridized carbons (Fsp3) is 0.556. The lowest BCUT2D eigenvalue weighted by Crippen LogP contribution is -1.92. The van der Waals surface area contributed by atoms with E-state index in [1.807, 2.05) is 6.07 Å². The minimum Gasteiger partial charge on any atom is -0.497 e. The van der Waals surface area contributed by atoms with E-state index in [4.69, 9.17) is 9.47 Å². The van der Waals surface area contributed by atoms with Gasteiger partial charge in [-0.1, -0.05) is 31.8 Å². The van der Waals surface area contributed by atoms with Gasteiger partial charge in [-0.3, -0.25) is 0 Å². The van der Waals surface area contributed by atoms with Crippen molar-refractivity contribution >= 4 is 5.57 Å². The third kappa shape index (κ3) is 4.92. The van der Waals surface area contributed by atoms with Gasteiger partial charge in [0.05, 0.1) is 14.2 Å². The van der Waals surface area contributed by atoms with Crippen LogP contribution in [0.5, 0.6) is 11.5 Å². The minimum atomic E-state index is 0.845. The Morgan fingerprint density at radius 1 is 0.900 bits per heavy atom. The third-order valence-corrected chi connectivity index (χ3v) is 3.83. The fourth-order valence-corrected chi connectivity index (χ4v) is 2.27. The summed E-state index contributed by atoms with van der Waals surface area (Å²) >= 11 is 0. The Kier molecular flexibility index (Phi) is 7.21. The lowest BCUT2D eigenvalue weighted by atomic mass is 9.98. The minimum absolute atomic E-state index is 0.845. The van der Waals surface area contributed by atoms with Crippen molar-refractivity contribution in [2.45, 2.75) is 52.9 Å². The van der Waals surface area contributed by atoms with Gasteiger partial charge in [0.15, 0.2) is 0 Å². The molecule has 0 saturated heterocycles. The summed E-state index contributed by atoms with van der Waals surface area (Å²) in [7, 11) is 3.38. The summed E-state index contributed by atoms with van der Waals surface area (Å²) in [5.41, 5.74) is 3.98. The first-order valence-electron chi connectivity index (χ1n) is 7.52. The van der Waals surface area contributed by atoms with Gasteiger partial charge in [-0.15, -0.1) is 0 Å². The van der Waals surface area contributed by atoms with Crippen molar-refractivity contribution in [2.75, 3.05) is 14.2 Å². The molecule has 112 valence electrons. The van der Waals surface area contributed by atoms with Crippen molar-refractivity contribution in [1.82, 2.24) is 0 Å². The summed E-state index contributed by atoms with van der Waals surface area (Å²) in [6.07, 6.45) is 6.39. The maximum Gasteiger partial charge on any atom is 0.123 e. The predicted octanol–water partition coefficient (Wildman–Crippen LogP) is 5.47. The lowest BCUT2D eigenvalue weighted by Gasteiger charge is -2.12. The summed E-state index contributed by atoms with van der Waals surface area (Å²) in [4.78, 5) is 0. The molecule has 0 aromatic heterocycles. The van der Waals surface area contributed by atoms with E-state index in [9.17, 15) is 0 Å². The van der Waals surface area contributed by atoms with Crippen LogP contribution in [-0.2, 0) is 0 Å². The van der Waals surface area contributed by atoms with Gasteiger partial charge in [-0.25, -0.2) is 0 Å². The highest BCUT2D eigenvalue weighted by molar-refractivity contribution is 5.69. The fourth-order valence-electron chi connectivity index (χ4n) is 2.27. The van der Waals surface area contributed by atoms with E-state index in [0.29, 0.717) is 0 Å². The van der Waals surface area contributed by atoms with Gasteiger partial charge in [0, 0.05) is 6.07 Å².